The molecule has 5 nitrogen and oxygen atoms in total. The second kappa shape index (κ2) is 4.87. The molecule has 1 aromatic heterocycles. The Morgan fingerprint density at radius 1 is 1.53 bits per heavy atom. The van der Waals surface area contributed by atoms with Gasteiger partial charge in [0.2, 0.25) is 5.28 Å². The summed E-state index contributed by atoms with van der Waals surface area (Å²) < 4.78 is 0. The lowest BCUT2D eigenvalue weighted by molar-refractivity contribution is 0.100. The zero-order valence-electron chi connectivity index (χ0n) is 10.4. The Labute approximate surface area is 106 Å². The molecule has 0 saturated carbocycles. The molecular weight excluding hydrogens is 240 g/mol. The minimum absolute atomic E-state index is 0.0202. The summed E-state index contributed by atoms with van der Waals surface area (Å²) in [6.45, 7) is 8.24. The molecule has 0 aliphatic carbocycles. The maximum Gasteiger partial charge on any atom is 0.254 e. The highest BCUT2D eigenvalue weighted by atomic mass is 35.5. The number of carbonyl (C=O) groups excluding carboxylic acids is 1. The van der Waals surface area contributed by atoms with E-state index < -0.39 is 5.91 Å². The summed E-state index contributed by atoms with van der Waals surface area (Å²) in [5, 5.41) is 3.22. The summed E-state index contributed by atoms with van der Waals surface area (Å²) in [5.74, 6) is -0.204. The topological polar surface area (TPSA) is 80.9 Å². The van der Waals surface area contributed by atoms with Crippen molar-refractivity contribution in [2.75, 3.05) is 5.32 Å². The van der Waals surface area contributed by atoms with Crippen LogP contribution in [0, 0.1) is 5.41 Å². The third kappa shape index (κ3) is 3.56. The normalized spacial score (nSPS) is 13.2. The quantitative estimate of drug-likeness (QED) is 0.812. The predicted octanol–water partition coefficient (Wildman–Crippen LogP) is 2.08. The first kappa shape index (κ1) is 13.7. The largest absolute Gasteiger partial charge is 0.366 e. The van der Waals surface area contributed by atoms with Crippen LogP contribution in [0.4, 0.5) is 5.82 Å². The number of rotatable bonds is 3. The number of nitrogens with zero attached hydrogens (tertiary/aromatic N) is 2. The van der Waals surface area contributed by atoms with E-state index in [4.69, 9.17) is 17.3 Å². The number of hydrogen-bond acceptors (Lipinski definition) is 4. The number of nitrogens with two attached hydrogens (primary N) is 1. The third-order valence-electron chi connectivity index (χ3n) is 2.68. The van der Waals surface area contributed by atoms with Gasteiger partial charge in [0.15, 0.2) is 0 Å². The molecular formula is C11H17ClN4O. The molecule has 94 valence electrons. The van der Waals surface area contributed by atoms with Gasteiger partial charge in [-0.3, -0.25) is 4.79 Å². The lowest BCUT2D eigenvalue weighted by Gasteiger charge is -2.28. The van der Waals surface area contributed by atoms with E-state index in [9.17, 15) is 4.79 Å². The van der Waals surface area contributed by atoms with Crippen LogP contribution in [-0.4, -0.2) is 21.9 Å². The fourth-order valence-corrected chi connectivity index (χ4v) is 1.21. The predicted molar refractivity (Wildman–Crippen MR) is 68.1 cm³/mol. The van der Waals surface area contributed by atoms with E-state index in [1.165, 1.54) is 6.20 Å². The molecule has 6 heteroatoms. The number of carbonyl (C=O) groups is 1. The van der Waals surface area contributed by atoms with Gasteiger partial charge in [-0.25, -0.2) is 4.98 Å². The SMILES string of the molecule is C[C@@H](Nc1nc(Cl)ncc1C(N)=O)C(C)(C)C. The van der Waals surface area contributed by atoms with Gasteiger partial charge in [-0.15, -0.1) is 0 Å². The van der Waals surface area contributed by atoms with Crippen molar-refractivity contribution in [3.05, 3.63) is 17.0 Å². The highest BCUT2D eigenvalue weighted by molar-refractivity contribution is 6.28. The molecule has 0 unspecified atom stereocenters. The first-order chi connectivity index (χ1) is 7.71. The molecule has 1 aromatic rings. The molecule has 1 atom stereocenters. The molecule has 0 radical (unpaired) electrons. The van der Waals surface area contributed by atoms with Crippen molar-refractivity contribution in [3.63, 3.8) is 0 Å². The van der Waals surface area contributed by atoms with E-state index in [2.05, 4.69) is 36.1 Å². The number of amides is 1. The molecule has 0 aliphatic rings. The van der Waals surface area contributed by atoms with E-state index in [-0.39, 0.29) is 22.3 Å². The van der Waals surface area contributed by atoms with Crippen LogP contribution in [0.25, 0.3) is 0 Å². The summed E-state index contributed by atoms with van der Waals surface area (Å²) in [5.41, 5.74) is 5.51. The maximum atomic E-state index is 11.2. The van der Waals surface area contributed by atoms with E-state index in [0.29, 0.717) is 5.82 Å². The second-order valence-electron chi connectivity index (χ2n) is 5.00. The van der Waals surface area contributed by atoms with Crippen molar-refractivity contribution in [2.24, 2.45) is 11.1 Å². The van der Waals surface area contributed by atoms with Crippen molar-refractivity contribution < 1.29 is 4.79 Å². The van der Waals surface area contributed by atoms with Crippen LogP contribution >= 0.6 is 11.6 Å². The minimum atomic E-state index is -0.578. The summed E-state index contributed by atoms with van der Waals surface area (Å²) >= 11 is 5.70. The Morgan fingerprint density at radius 2 is 2.12 bits per heavy atom. The van der Waals surface area contributed by atoms with Gasteiger partial charge in [0, 0.05) is 12.2 Å². The summed E-state index contributed by atoms with van der Waals surface area (Å²) in [4.78, 5) is 19.0. The Hall–Kier alpha value is -1.36. The van der Waals surface area contributed by atoms with Gasteiger partial charge in [0.25, 0.3) is 5.91 Å². The lowest BCUT2D eigenvalue weighted by atomic mass is 9.88. The molecule has 0 fully saturated rings. The first-order valence-corrected chi connectivity index (χ1v) is 5.68. The minimum Gasteiger partial charge on any atom is -0.366 e. The fraction of sp³-hybridized carbons (Fsp3) is 0.545. The van der Waals surface area contributed by atoms with Gasteiger partial charge < -0.3 is 11.1 Å². The first-order valence-electron chi connectivity index (χ1n) is 5.30. The van der Waals surface area contributed by atoms with Gasteiger partial charge in [0.05, 0.1) is 5.56 Å². The van der Waals surface area contributed by atoms with Gasteiger partial charge in [0.1, 0.15) is 5.82 Å². The van der Waals surface area contributed by atoms with Gasteiger partial charge in [-0.05, 0) is 23.9 Å². The second-order valence-corrected chi connectivity index (χ2v) is 5.34. The summed E-state index contributed by atoms with van der Waals surface area (Å²) in [6.07, 6.45) is 1.33. The molecule has 17 heavy (non-hydrogen) atoms. The number of nitrogens with one attached hydrogen (secondary N) is 1. The average Bonchev–Trinajstić information content (AvgIpc) is 2.15. The zero-order chi connectivity index (χ0) is 13.2. The molecule has 0 saturated heterocycles. The standard InChI is InChI=1S/C11H17ClN4O/c1-6(11(2,3)4)15-9-7(8(13)17)5-14-10(12)16-9/h5-6H,1-4H3,(H2,13,17)(H,14,15,16)/t6-/m1/s1. The number of primary amides is 1. The average molecular weight is 257 g/mol. The zero-order valence-corrected chi connectivity index (χ0v) is 11.2. The number of hydrogen-bond donors (Lipinski definition) is 2. The molecule has 0 spiro atoms. The van der Waals surface area contributed by atoms with E-state index in [0.717, 1.165) is 0 Å². The summed E-state index contributed by atoms with van der Waals surface area (Å²) in [7, 11) is 0. The molecule has 0 bridgehead atoms. The van der Waals surface area contributed by atoms with Crippen molar-refractivity contribution >= 4 is 23.3 Å². The number of aromatic nitrogens is 2. The molecule has 1 heterocycles. The Bertz CT molecular complexity index is 428. The highest BCUT2D eigenvalue weighted by Gasteiger charge is 2.22. The van der Waals surface area contributed by atoms with Crippen LogP contribution in [0.1, 0.15) is 38.1 Å². The van der Waals surface area contributed by atoms with E-state index in [1.54, 1.807) is 0 Å². The molecule has 1 rings (SSSR count). The molecule has 0 aliphatic heterocycles. The molecule has 3 N–H and O–H groups in total. The monoisotopic (exact) mass is 256 g/mol. The van der Waals surface area contributed by atoms with Crippen LogP contribution in [-0.2, 0) is 0 Å². The number of halogens is 1. The van der Waals surface area contributed by atoms with Crippen LogP contribution < -0.4 is 11.1 Å². The van der Waals surface area contributed by atoms with Crippen molar-refractivity contribution in [3.8, 4) is 0 Å². The van der Waals surface area contributed by atoms with Crippen molar-refractivity contribution in [1.29, 1.82) is 0 Å². The van der Waals surface area contributed by atoms with Gasteiger partial charge >= 0.3 is 0 Å². The van der Waals surface area contributed by atoms with Crippen LogP contribution in [0.5, 0.6) is 0 Å². The lowest BCUT2D eigenvalue weighted by Crippen LogP contribution is -2.32. The highest BCUT2D eigenvalue weighted by Crippen LogP contribution is 2.23. The Morgan fingerprint density at radius 3 is 2.59 bits per heavy atom. The summed E-state index contributed by atoms with van der Waals surface area (Å²) in [6, 6.07) is 0.103. The van der Waals surface area contributed by atoms with E-state index in [1.807, 2.05) is 6.92 Å². The van der Waals surface area contributed by atoms with Crippen LogP contribution in [0.3, 0.4) is 0 Å². The van der Waals surface area contributed by atoms with Gasteiger partial charge in [-0.1, -0.05) is 20.8 Å². The Balaban J connectivity index is 3.04. The van der Waals surface area contributed by atoms with Gasteiger partial charge in [-0.2, -0.15) is 4.98 Å². The number of anilines is 1. The smallest absolute Gasteiger partial charge is 0.254 e. The maximum absolute atomic E-state index is 11.2. The van der Waals surface area contributed by atoms with Crippen molar-refractivity contribution in [1.82, 2.24) is 9.97 Å². The Kier molecular flexibility index (Phi) is 3.93. The van der Waals surface area contributed by atoms with E-state index >= 15 is 0 Å². The van der Waals surface area contributed by atoms with Crippen molar-refractivity contribution in [2.45, 2.75) is 33.7 Å². The van der Waals surface area contributed by atoms with Crippen LogP contribution in [0.2, 0.25) is 5.28 Å². The molecule has 0 aromatic carbocycles. The molecule has 1 amide bonds. The fourth-order valence-electron chi connectivity index (χ4n) is 1.07. The van der Waals surface area contributed by atoms with Crippen LogP contribution in [0.15, 0.2) is 6.20 Å². The third-order valence-corrected chi connectivity index (χ3v) is 2.86.